The normalized spacial score (nSPS) is 11.9. The number of halogens is 4. The van der Waals surface area contributed by atoms with Gasteiger partial charge in [0.05, 0.1) is 11.2 Å². The van der Waals surface area contributed by atoms with Crippen molar-refractivity contribution in [3.63, 3.8) is 0 Å². The summed E-state index contributed by atoms with van der Waals surface area (Å²) in [7, 11) is 1.53. The molecule has 0 saturated carbocycles. The first-order valence-corrected chi connectivity index (χ1v) is 10.4. The van der Waals surface area contributed by atoms with Crippen molar-refractivity contribution >= 4 is 11.6 Å². The molecule has 0 aliphatic carbocycles. The topological polar surface area (TPSA) is 70.7 Å². The minimum absolute atomic E-state index is 0.0742. The SMILES string of the molecule is CC(C)n1ncc(Cl)c1-c1nccc(OCc2ccc(-c3nc(C(F)(F)F)cn3C)cc2)n1. The largest absolute Gasteiger partial charge is 0.473 e. The molecule has 4 rings (SSSR count). The molecule has 3 aromatic heterocycles. The fraction of sp³-hybridized carbons (Fsp3) is 0.273. The lowest BCUT2D eigenvalue weighted by molar-refractivity contribution is -0.140. The fourth-order valence-electron chi connectivity index (χ4n) is 3.26. The van der Waals surface area contributed by atoms with Gasteiger partial charge in [-0.1, -0.05) is 35.9 Å². The standard InChI is InChI=1S/C22H20ClF3N6O/c1-13(2)32-19(16(23)10-28-32)20-27-9-8-18(30-20)33-12-14-4-6-15(7-5-14)21-29-17(11-31(21)3)22(24,25)26/h4-11,13H,12H2,1-3H3. The molecule has 172 valence electrons. The Kier molecular flexibility index (Phi) is 6.11. The summed E-state index contributed by atoms with van der Waals surface area (Å²) in [6, 6.07) is 8.65. The predicted molar refractivity (Wildman–Crippen MR) is 117 cm³/mol. The molecule has 0 saturated heterocycles. The number of hydrogen-bond acceptors (Lipinski definition) is 5. The van der Waals surface area contributed by atoms with E-state index in [0.717, 1.165) is 11.8 Å². The van der Waals surface area contributed by atoms with E-state index in [-0.39, 0.29) is 18.5 Å². The Morgan fingerprint density at radius 3 is 2.45 bits per heavy atom. The van der Waals surface area contributed by atoms with Crippen LogP contribution in [0.4, 0.5) is 13.2 Å². The average molecular weight is 477 g/mol. The van der Waals surface area contributed by atoms with Crippen molar-refractivity contribution in [1.29, 1.82) is 0 Å². The Hall–Kier alpha value is -3.40. The summed E-state index contributed by atoms with van der Waals surface area (Å²) in [4.78, 5) is 12.4. The maximum absolute atomic E-state index is 12.9. The van der Waals surface area contributed by atoms with Crippen LogP contribution >= 0.6 is 11.6 Å². The van der Waals surface area contributed by atoms with Gasteiger partial charge in [0.2, 0.25) is 5.88 Å². The van der Waals surface area contributed by atoms with E-state index >= 15 is 0 Å². The molecule has 0 atom stereocenters. The molecule has 0 spiro atoms. The average Bonchev–Trinajstić information content (AvgIpc) is 3.36. The van der Waals surface area contributed by atoms with Crippen molar-refractivity contribution in [3.8, 4) is 28.8 Å². The van der Waals surface area contributed by atoms with Crippen LogP contribution in [0.1, 0.15) is 31.1 Å². The van der Waals surface area contributed by atoms with Crippen LogP contribution in [0.3, 0.4) is 0 Å². The van der Waals surface area contributed by atoms with Gasteiger partial charge in [-0.15, -0.1) is 0 Å². The maximum atomic E-state index is 12.9. The second-order valence-corrected chi connectivity index (χ2v) is 8.05. The highest BCUT2D eigenvalue weighted by molar-refractivity contribution is 6.32. The minimum Gasteiger partial charge on any atom is -0.473 e. The number of nitrogens with zero attached hydrogens (tertiary/aromatic N) is 6. The number of alkyl halides is 3. The predicted octanol–water partition coefficient (Wildman–Crippen LogP) is 5.57. The molecule has 7 nitrogen and oxygen atoms in total. The van der Waals surface area contributed by atoms with E-state index in [1.54, 1.807) is 47.4 Å². The number of rotatable bonds is 6. The molecule has 0 N–H and O–H groups in total. The molecule has 3 heterocycles. The summed E-state index contributed by atoms with van der Waals surface area (Å²) in [6.45, 7) is 4.17. The van der Waals surface area contributed by atoms with Gasteiger partial charge in [0.25, 0.3) is 0 Å². The number of hydrogen-bond donors (Lipinski definition) is 0. The molecule has 33 heavy (non-hydrogen) atoms. The van der Waals surface area contributed by atoms with E-state index in [2.05, 4.69) is 20.1 Å². The second kappa shape index (κ2) is 8.86. The monoisotopic (exact) mass is 476 g/mol. The van der Waals surface area contributed by atoms with Crippen molar-refractivity contribution in [2.24, 2.45) is 7.05 Å². The summed E-state index contributed by atoms with van der Waals surface area (Å²) in [6.07, 6.45) is -0.392. The van der Waals surface area contributed by atoms with Crippen molar-refractivity contribution in [2.45, 2.75) is 32.7 Å². The third kappa shape index (κ3) is 4.85. The highest BCUT2D eigenvalue weighted by Crippen LogP contribution is 2.31. The number of imidazole rings is 1. The van der Waals surface area contributed by atoms with E-state index in [4.69, 9.17) is 16.3 Å². The number of aromatic nitrogens is 6. The van der Waals surface area contributed by atoms with E-state index in [0.29, 0.717) is 28.0 Å². The van der Waals surface area contributed by atoms with Crippen LogP contribution in [-0.2, 0) is 19.8 Å². The number of ether oxygens (including phenoxy) is 1. The third-order valence-electron chi connectivity index (χ3n) is 4.85. The minimum atomic E-state index is -4.49. The summed E-state index contributed by atoms with van der Waals surface area (Å²) in [5.74, 6) is 0.985. The van der Waals surface area contributed by atoms with Crippen LogP contribution in [0.15, 0.2) is 48.9 Å². The highest BCUT2D eigenvalue weighted by atomic mass is 35.5. The van der Waals surface area contributed by atoms with Crippen molar-refractivity contribution in [1.82, 2.24) is 29.3 Å². The Balaban J connectivity index is 1.48. The van der Waals surface area contributed by atoms with E-state index in [1.807, 2.05) is 13.8 Å². The van der Waals surface area contributed by atoms with Crippen molar-refractivity contribution < 1.29 is 17.9 Å². The smallest absolute Gasteiger partial charge is 0.434 e. The first-order chi connectivity index (χ1) is 15.6. The van der Waals surface area contributed by atoms with Crippen LogP contribution in [0.2, 0.25) is 5.02 Å². The Morgan fingerprint density at radius 2 is 1.82 bits per heavy atom. The summed E-state index contributed by atoms with van der Waals surface area (Å²) in [5.41, 5.74) is 1.06. The van der Waals surface area contributed by atoms with Crippen LogP contribution in [0.5, 0.6) is 5.88 Å². The van der Waals surface area contributed by atoms with Gasteiger partial charge < -0.3 is 9.30 Å². The molecule has 0 fully saturated rings. The van der Waals surface area contributed by atoms with Crippen LogP contribution in [0.25, 0.3) is 22.9 Å². The number of benzene rings is 1. The second-order valence-electron chi connectivity index (χ2n) is 7.64. The summed E-state index contributed by atoms with van der Waals surface area (Å²) >= 11 is 6.28. The molecule has 0 amide bonds. The molecule has 0 unspecified atom stereocenters. The lowest BCUT2D eigenvalue weighted by atomic mass is 10.1. The summed E-state index contributed by atoms with van der Waals surface area (Å²) in [5, 5.41) is 4.71. The van der Waals surface area contributed by atoms with E-state index in [1.165, 1.54) is 11.6 Å². The molecule has 0 bridgehead atoms. The Morgan fingerprint density at radius 1 is 1.09 bits per heavy atom. The van der Waals surface area contributed by atoms with Gasteiger partial charge in [-0.2, -0.15) is 23.3 Å². The molecule has 4 aromatic rings. The Bertz CT molecular complexity index is 1260. The van der Waals surface area contributed by atoms with Crippen molar-refractivity contribution in [3.05, 3.63) is 65.2 Å². The third-order valence-corrected chi connectivity index (χ3v) is 5.12. The van der Waals surface area contributed by atoms with Crippen molar-refractivity contribution in [2.75, 3.05) is 0 Å². The van der Waals surface area contributed by atoms with Gasteiger partial charge in [0, 0.05) is 37.1 Å². The van der Waals surface area contributed by atoms with Crippen LogP contribution in [-0.4, -0.2) is 29.3 Å². The highest BCUT2D eigenvalue weighted by Gasteiger charge is 2.34. The molecule has 1 aromatic carbocycles. The van der Waals surface area contributed by atoms with Gasteiger partial charge in [0.1, 0.15) is 18.1 Å². The van der Waals surface area contributed by atoms with Gasteiger partial charge in [-0.3, -0.25) is 4.68 Å². The number of aryl methyl sites for hydroxylation is 1. The van der Waals surface area contributed by atoms with Gasteiger partial charge in [-0.25, -0.2) is 9.97 Å². The molecular formula is C22H20ClF3N6O. The van der Waals surface area contributed by atoms with Gasteiger partial charge in [0.15, 0.2) is 11.5 Å². The van der Waals surface area contributed by atoms with Gasteiger partial charge >= 0.3 is 6.18 Å². The van der Waals surface area contributed by atoms with E-state index in [9.17, 15) is 13.2 Å². The molecule has 0 radical (unpaired) electrons. The molecule has 11 heteroatoms. The zero-order valence-corrected chi connectivity index (χ0v) is 18.8. The zero-order chi connectivity index (χ0) is 23.8. The van der Waals surface area contributed by atoms with Gasteiger partial charge in [-0.05, 0) is 19.4 Å². The lowest BCUT2D eigenvalue weighted by Crippen LogP contribution is -2.07. The fourth-order valence-corrected chi connectivity index (χ4v) is 3.47. The first-order valence-electron chi connectivity index (χ1n) is 10.0. The Labute approximate surface area is 192 Å². The first kappa shape index (κ1) is 22.8. The maximum Gasteiger partial charge on any atom is 0.434 e. The lowest BCUT2D eigenvalue weighted by Gasteiger charge is -2.11. The van der Waals surface area contributed by atoms with Crippen LogP contribution in [0, 0.1) is 0 Å². The quantitative estimate of drug-likeness (QED) is 0.363. The molecule has 0 aliphatic rings. The molecule has 0 aliphatic heterocycles. The van der Waals surface area contributed by atoms with Crippen LogP contribution < -0.4 is 4.74 Å². The zero-order valence-electron chi connectivity index (χ0n) is 18.0. The molecular weight excluding hydrogens is 457 g/mol. The summed E-state index contributed by atoms with van der Waals surface area (Å²) < 4.78 is 47.6. The van der Waals surface area contributed by atoms with E-state index < -0.39 is 11.9 Å².